The number of nitrogens with one attached hydrogen (secondary N) is 1. The summed E-state index contributed by atoms with van der Waals surface area (Å²) in [4.78, 5) is 14.1. The van der Waals surface area contributed by atoms with E-state index in [1.165, 1.54) is 25.7 Å². The first-order valence-corrected chi connectivity index (χ1v) is 7.84. The molecule has 2 fully saturated rings. The number of fused-ring (bicyclic) bond motifs is 2. The molecule has 2 bridgehead atoms. The molecule has 1 amide bonds. The maximum atomic E-state index is 12.1. The average molecular weight is 266 g/mol. The van der Waals surface area contributed by atoms with Crippen molar-refractivity contribution < 1.29 is 4.79 Å². The van der Waals surface area contributed by atoms with E-state index in [2.05, 4.69) is 26.1 Å². The van der Waals surface area contributed by atoms with Gasteiger partial charge in [-0.2, -0.15) is 0 Å². The molecule has 0 radical (unpaired) electrons. The molecule has 1 N–H and O–H groups in total. The second-order valence-electron chi connectivity index (χ2n) is 7.64. The molecule has 0 aromatic rings. The van der Waals surface area contributed by atoms with Crippen molar-refractivity contribution in [3.8, 4) is 0 Å². The predicted octanol–water partition coefficient (Wildman–Crippen LogP) is 2.66. The third kappa shape index (κ3) is 4.20. The first kappa shape index (κ1) is 14.8. The van der Waals surface area contributed by atoms with Crippen LogP contribution in [0.3, 0.4) is 0 Å². The Labute approximate surface area is 118 Å². The highest BCUT2D eigenvalue weighted by Crippen LogP contribution is 2.48. The number of carbonyl (C=O) groups is 1. The van der Waals surface area contributed by atoms with E-state index in [4.69, 9.17) is 0 Å². The van der Waals surface area contributed by atoms with Gasteiger partial charge < -0.3 is 10.2 Å². The van der Waals surface area contributed by atoms with Crippen molar-refractivity contribution in [2.75, 3.05) is 20.1 Å². The van der Waals surface area contributed by atoms with E-state index in [9.17, 15) is 4.79 Å². The number of nitrogens with zero attached hydrogens (tertiary/aromatic N) is 1. The normalized spacial score (nSPS) is 29.8. The quantitative estimate of drug-likeness (QED) is 0.829. The summed E-state index contributed by atoms with van der Waals surface area (Å²) < 4.78 is 0. The summed E-state index contributed by atoms with van der Waals surface area (Å²) in [7, 11) is 1.98. The lowest BCUT2D eigenvalue weighted by atomic mass is 9.88. The SMILES string of the molecule is CN(CC1CC2CCC1C2)C(=O)CCNC(C)(C)C. The van der Waals surface area contributed by atoms with Crippen LogP contribution in [0.2, 0.25) is 0 Å². The molecule has 0 heterocycles. The highest BCUT2D eigenvalue weighted by Gasteiger charge is 2.39. The second-order valence-corrected chi connectivity index (χ2v) is 7.64. The van der Waals surface area contributed by atoms with Gasteiger partial charge in [0.1, 0.15) is 0 Å². The van der Waals surface area contributed by atoms with Crippen LogP contribution in [0, 0.1) is 17.8 Å². The predicted molar refractivity (Wildman–Crippen MR) is 78.9 cm³/mol. The summed E-state index contributed by atoms with van der Waals surface area (Å²) >= 11 is 0. The van der Waals surface area contributed by atoms with E-state index in [1.807, 2.05) is 11.9 Å². The second kappa shape index (κ2) is 5.82. The van der Waals surface area contributed by atoms with Crippen molar-refractivity contribution >= 4 is 5.91 Å². The van der Waals surface area contributed by atoms with Gasteiger partial charge in [-0.25, -0.2) is 0 Å². The Morgan fingerprint density at radius 2 is 2.00 bits per heavy atom. The van der Waals surface area contributed by atoms with Crippen LogP contribution in [0.25, 0.3) is 0 Å². The van der Waals surface area contributed by atoms with Crippen LogP contribution in [-0.2, 0) is 4.79 Å². The highest BCUT2D eigenvalue weighted by atomic mass is 16.2. The van der Waals surface area contributed by atoms with Crippen LogP contribution in [0.15, 0.2) is 0 Å². The van der Waals surface area contributed by atoms with Crippen molar-refractivity contribution in [3.05, 3.63) is 0 Å². The molecule has 3 unspecified atom stereocenters. The third-order valence-electron chi connectivity index (χ3n) is 4.81. The molecule has 2 rings (SSSR count). The van der Waals surface area contributed by atoms with E-state index in [1.54, 1.807) is 0 Å². The molecule has 2 aliphatic rings. The Morgan fingerprint density at radius 1 is 1.26 bits per heavy atom. The van der Waals surface area contributed by atoms with Gasteiger partial charge in [0, 0.05) is 32.1 Å². The van der Waals surface area contributed by atoms with Gasteiger partial charge in [-0.15, -0.1) is 0 Å². The zero-order chi connectivity index (χ0) is 14.0. The number of hydrogen-bond acceptors (Lipinski definition) is 2. The number of amides is 1. The summed E-state index contributed by atoms with van der Waals surface area (Å²) in [5, 5.41) is 3.38. The van der Waals surface area contributed by atoms with Gasteiger partial charge in [-0.05, 0) is 57.8 Å². The topological polar surface area (TPSA) is 32.3 Å². The van der Waals surface area contributed by atoms with Crippen LogP contribution in [0.4, 0.5) is 0 Å². The smallest absolute Gasteiger partial charge is 0.223 e. The van der Waals surface area contributed by atoms with Crippen molar-refractivity contribution in [2.45, 2.75) is 58.4 Å². The summed E-state index contributed by atoms with van der Waals surface area (Å²) in [6.07, 6.45) is 6.26. The van der Waals surface area contributed by atoms with E-state index in [-0.39, 0.29) is 5.54 Å². The largest absolute Gasteiger partial charge is 0.345 e. The zero-order valence-electron chi connectivity index (χ0n) is 13.0. The lowest BCUT2D eigenvalue weighted by molar-refractivity contribution is -0.130. The molecule has 0 spiro atoms. The van der Waals surface area contributed by atoms with Crippen LogP contribution < -0.4 is 5.32 Å². The van der Waals surface area contributed by atoms with Crippen LogP contribution in [0.1, 0.15) is 52.9 Å². The molecule has 3 nitrogen and oxygen atoms in total. The molecule has 2 aliphatic carbocycles. The molecule has 0 saturated heterocycles. The highest BCUT2D eigenvalue weighted by molar-refractivity contribution is 5.76. The van der Waals surface area contributed by atoms with Crippen molar-refractivity contribution in [2.24, 2.45) is 17.8 Å². The van der Waals surface area contributed by atoms with Gasteiger partial charge in [0.15, 0.2) is 0 Å². The van der Waals surface area contributed by atoms with Gasteiger partial charge in [0.2, 0.25) is 5.91 Å². The van der Waals surface area contributed by atoms with E-state index in [0.29, 0.717) is 12.3 Å². The Balaban J connectivity index is 1.68. The van der Waals surface area contributed by atoms with Crippen molar-refractivity contribution in [3.63, 3.8) is 0 Å². The molecule has 2 saturated carbocycles. The fraction of sp³-hybridized carbons (Fsp3) is 0.938. The Hall–Kier alpha value is -0.570. The Bertz CT molecular complexity index is 321. The van der Waals surface area contributed by atoms with Gasteiger partial charge >= 0.3 is 0 Å². The number of hydrogen-bond donors (Lipinski definition) is 1. The fourth-order valence-corrected chi connectivity index (χ4v) is 3.79. The van der Waals surface area contributed by atoms with Crippen molar-refractivity contribution in [1.82, 2.24) is 10.2 Å². The molecule has 3 heteroatoms. The zero-order valence-corrected chi connectivity index (χ0v) is 13.0. The molecule has 0 aromatic heterocycles. The van der Waals surface area contributed by atoms with Gasteiger partial charge in [0.05, 0.1) is 0 Å². The Morgan fingerprint density at radius 3 is 2.53 bits per heavy atom. The summed E-state index contributed by atoms with van der Waals surface area (Å²) in [6, 6.07) is 0. The van der Waals surface area contributed by atoms with Crippen LogP contribution in [-0.4, -0.2) is 36.5 Å². The van der Waals surface area contributed by atoms with Crippen molar-refractivity contribution in [1.29, 1.82) is 0 Å². The fourth-order valence-electron chi connectivity index (χ4n) is 3.79. The first-order chi connectivity index (χ1) is 8.85. The number of rotatable bonds is 5. The minimum absolute atomic E-state index is 0.101. The molecule has 3 atom stereocenters. The molecular formula is C16H30N2O. The average Bonchev–Trinajstić information content (AvgIpc) is 2.88. The van der Waals surface area contributed by atoms with Crippen LogP contribution in [0.5, 0.6) is 0 Å². The maximum absolute atomic E-state index is 12.1. The third-order valence-corrected chi connectivity index (χ3v) is 4.81. The lowest BCUT2D eigenvalue weighted by Gasteiger charge is -2.28. The van der Waals surface area contributed by atoms with Gasteiger partial charge in [-0.1, -0.05) is 6.42 Å². The lowest BCUT2D eigenvalue weighted by Crippen LogP contribution is -2.40. The van der Waals surface area contributed by atoms with Gasteiger partial charge in [-0.3, -0.25) is 4.79 Å². The minimum Gasteiger partial charge on any atom is -0.345 e. The van der Waals surface area contributed by atoms with E-state index >= 15 is 0 Å². The van der Waals surface area contributed by atoms with E-state index < -0.39 is 0 Å². The monoisotopic (exact) mass is 266 g/mol. The number of carbonyl (C=O) groups excluding carboxylic acids is 1. The molecule has 0 aromatic carbocycles. The van der Waals surface area contributed by atoms with E-state index in [0.717, 1.165) is 30.8 Å². The molecule has 0 aliphatic heterocycles. The molecule has 19 heavy (non-hydrogen) atoms. The Kier molecular flexibility index (Phi) is 4.54. The van der Waals surface area contributed by atoms with Gasteiger partial charge in [0.25, 0.3) is 0 Å². The van der Waals surface area contributed by atoms with Crippen LogP contribution >= 0.6 is 0 Å². The maximum Gasteiger partial charge on any atom is 0.223 e. The standard InChI is InChI=1S/C16H30N2O/c1-16(2,3)17-8-7-15(19)18(4)11-14-10-12-5-6-13(14)9-12/h12-14,17H,5-11H2,1-4H3. The molecular weight excluding hydrogens is 236 g/mol. The summed E-state index contributed by atoms with van der Waals surface area (Å²) in [5.41, 5.74) is 0.101. The molecule has 110 valence electrons. The minimum atomic E-state index is 0.101. The first-order valence-electron chi connectivity index (χ1n) is 7.84. The summed E-state index contributed by atoms with van der Waals surface area (Å²) in [5.74, 6) is 2.96. The summed E-state index contributed by atoms with van der Waals surface area (Å²) in [6.45, 7) is 8.17.